The predicted molar refractivity (Wildman–Crippen MR) is 66.9 cm³/mol. The maximum Gasteiger partial charge on any atom is 0.0344 e. The molecular weight excluding hydrogens is 182 g/mol. The van der Waals surface area contributed by atoms with Crippen LogP contribution in [0.3, 0.4) is 0 Å². The lowest BCUT2D eigenvalue weighted by molar-refractivity contribution is 0.327. The third-order valence-electron chi connectivity index (χ3n) is 2.87. The molecule has 1 atom stereocenters. The van der Waals surface area contributed by atoms with Gasteiger partial charge in [-0.15, -0.1) is 0 Å². The van der Waals surface area contributed by atoms with Crippen LogP contribution in [0.15, 0.2) is 24.3 Å². The molecule has 1 aromatic carbocycles. The first kappa shape index (κ1) is 12.3. The highest BCUT2D eigenvalue weighted by atomic mass is 14.7. The Morgan fingerprint density at radius 1 is 1.07 bits per heavy atom. The van der Waals surface area contributed by atoms with Gasteiger partial charge in [0.2, 0.25) is 0 Å². The molecule has 1 heteroatoms. The summed E-state index contributed by atoms with van der Waals surface area (Å²) in [7, 11) is 0. The molecule has 0 aliphatic rings. The number of rotatable bonds is 2. The number of benzene rings is 1. The van der Waals surface area contributed by atoms with Crippen molar-refractivity contribution in [1.29, 1.82) is 0 Å². The van der Waals surface area contributed by atoms with E-state index >= 15 is 0 Å². The maximum atomic E-state index is 6.24. The van der Waals surface area contributed by atoms with Crippen LogP contribution in [0.4, 0.5) is 0 Å². The zero-order valence-electron chi connectivity index (χ0n) is 10.5. The Bertz CT molecular complexity index is 320. The van der Waals surface area contributed by atoms with Gasteiger partial charge < -0.3 is 5.73 Å². The highest BCUT2D eigenvalue weighted by molar-refractivity contribution is 5.28. The van der Waals surface area contributed by atoms with E-state index in [0.29, 0.717) is 5.92 Å². The molecule has 0 saturated carbocycles. The summed E-state index contributed by atoms with van der Waals surface area (Å²) in [5, 5.41) is 0. The Morgan fingerprint density at radius 3 is 2.07 bits per heavy atom. The monoisotopic (exact) mass is 205 g/mol. The number of nitrogens with two attached hydrogens (primary N) is 1. The van der Waals surface area contributed by atoms with Crippen molar-refractivity contribution >= 4 is 0 Å². The molecule has 1 nitrogen and oxygen atoms in total. The first-order chi connectivity index (χ1) is 6.82. The summed E-state index contributed by atoms with van der Waals surface area (Å²) >= 11 is 0. The van der Waals surface area contributed by atoms with Gasteiger partial charge in [0.15, 0.2) is 0 Å². The lowest BCUT2D eigenvalue weighted by atomic mass is 9.82. The van der Waals surface area contributed by atoms with Crippen LogP contribution in [-0.4, -0.2) is 0 Å². The Kier molecular flexibility index (Phi) is 3.56. The highest BCUT2D eigenvalue weighted by Crippen LogP contribution is 2.31. The molecule has 84 valence electrons. The minimum Gasteiger partial charge on any atom is -0.324 e. The second-order valence-corrected chi connectivity index (χ2v) is 5.67. The molecule has 1 aromatic rings. The van der Waals surface area contributed by atoms with E-state index in [-0.39, 0.29) is 11.5 Å². The zero-order chi connectivity index (χ0) is 11.6. The molecule has 0 aliphatic carbocycles. The van der Waals surface area contributed by atoms with E-state index in [1.807, 2.05) is 0 Å². The predicted octanol–water partition coefficient (Wildman–Crippen LogP) is 3.86. The minimum absolute atomic E-state index is 0.108. The lowest BCUT2D eigenvalue weighted by Crippen LogP contribution is -2.26. The van der Waals surface area contributed by atoms with Gasteiger partial charge in [-0.3, -0.25) is 0 Å². The van der Waals surface area contributed by atoms with E-state index in [0.717, 1.165) is 0 Å². The van der Waals surface area contributed by atoms with E-state index in [2.05, 4.69) is 58.9 Å². The van der Waals surface area contributed by atoms with E-state index in [1.165, 1.54) is 11.1 Å². The molecule has 0 heterocycles. The molecule has 0 saturated heterocycles. The summed E-state index contributed by atoms with van der Waals surface area (Å²) in [6.07, 6.45) is 0. The topological polar surface area (TPSA) is 26.0 Å². The second kappa shape index (κ2) is 4.36. The van der Waals surface area contributed by atoms with Crippen LogP contribution in [0.2, 0.25) is 0 Å². The highest BCUT2D eigenvalue weighted by Gasteiger charge is 2.22. The fourth-order valence-electron chi connectivity index (χ4n) is 1.61. The molecule has 0 bridgehead atoms. The molecule has 2 N–H and O–H groups in total. The molecular formula is C14H23N. The maximum absolute atomic E-state index is 6.24. The lowest BCUT2D eigenvalue weighted by Gasteiger charge is -2.28. The summed E-state index contributed by atoms with van der Waals surface area (Å²) in [4.78, 5) is 0. The molecule has 1 unspecified atom stereocenters. The van der Waals surface area contributed by atoms with Crippen LogP contribution in [-0.2, 0) is 0 Å². The standard InChI is InChI=1S/C14H23N/c1-10(2)11-7-6-8-12(9-11)13(15)14(3,4)5/h6-10,13H,15H2,1-5H3. The Hall–Kier alpha value is -0.820. The van der Waals surface area contributed by atoms with Gasteiger partial charge >= 0.3 is 0 Å². The van der Waals surface area contributed by atoms with E-state index in [4.69, 9.17) is 5.73 Å². The summed E-state index contributed by atoms with van der Waals surface area (Å²) in [5.74, 6) is 0.567. The van der Waals surface area contributed by atoms with E-state index < -0.39 is 0 Å². The van der Waals surface area contributed by atoms with Crippen molar-refractivity contribution in [2.24, 2.45) is 11.1 Å². The van der Waals surface area contributed by atoms with Gasteiger partial charge in [0.05, 0.1) is 0 Å². The molecule has 0 spiro atoms. The van der Waals surface area contributed by atoms with E-state index in [1.54, 1.807) is 0 Å². The van der Waals surface area contributed by atoms with Gasteiger partial charge in [0.25, 0.3) is 0 Å². The van der Waals surface area contributed by atoms with Gasteiger partial charge in [-0.25, -0.2) is 0 Å². The molecule has 0 fully saturated rings. The quantitative estimate of drug-likeness (QED) is 0.779. The van der Waals surface area contributed by atoms with Crippen molar-refractivity contribution in [2.45, 2.75) is 46.6 Å². The van der Waals surface area contributed by atoms with Gasteiger partial charge in [0, 0.05) is 6.04 Å². The summed E-state index contributed by atoms with van der Waals surface area (Å²) in [5.41, 5.74) is 8.97. The van der Waals surface area contributed by atoms with Crippen LogP contribution in [0, 0.1) is 5.41 Å². The Morgan fingerprint density at radius 2 is 1.60 bits per heavy atom. The van der Waals surface area contributed by atoms with Crippen molar-refractivity contribution in [1.82, 2.24) is 0 Å². The smallest absolute Gasteiger partial charge is 0.0344 e. The summed E-state index contributed by atoms with van der Waals surface area (Å²) in [6, 6.07) is 8.75. The van der Waals surface area contributed by atoms with Crippen molar-refractivity contribution in [3.63, 3.8) is 0 Å². The molecule has 0 amide bonds. The molecule has 15 heavy (non-hydrogen) atoms. The summed E-state index contributed by atoms with van der Waals surface area (Å²) < 4.78 is 0. The van der Waals surface area contributed by atoms with Crippen molar-refractivity contribution in [2.75, 3.05) is 0 Å². The van der Waals surface area contributed by atoms with Gasteiger partial charge in [0.1, 0.15) is 0 Å². The van der Waals surface area contributed by atoms with Crippen LogP contribution in [0.5, 0.6) is 0 Å². The first-order valence-electron chi connectivity index (χ1n) is 5.68. The Labute approximate surface area is 93.7 Å². The molecule has 0 aromatic heterocycles. The van der Waals surface area contributed by atoms with E-state index in [9.17, 15) is 0 Å². The molecule has 1 rings (SSSR count). The van der Waals surface area contributed by atoms with Crippen molar-refractivity contribution < 1.29 is 0 Å². The minimum atomic E-state index is 0.108. The first-order valence-corrected chi connectivity index (χ1v) is 5.68. The molecule has 0 radical (unpaired) electrons. The summed E-state index contributed by atoms with van der Waals surface area (Å²) in [6.45, 7) is 11.0. The van der Waals surface area contributed by atoms with Gasteiger partial charge in [-0.2, -0.15) is 0 Å². The fraction of sp³-hybridized carbons (Fsp3) is 0.571. The third-order valence-corrected chi connectivity index (χ3v) is 2.87. The fourth-order valence-corrected chi connectivity index (χ4v) is 1.61. The van der Waals surface area contributed by atoms with Crippen molar-refractivity contribution in [3.8, 4) is 0 Å². The van der Waals surface area contributed by atoms with Crippen LogP contribution in [0.1, 0.15) is 57.7 Å². The van der Waals surface area contributed by atoms with Crippen LogP contribution >= 0.6 is 0 Å². The molecule has 0 aliphatic heterocycles. The SMILES string of the molecule is CC(C)c1cccc(C(N)C(C)(C)C)c1. The third kappa shape index (κ3) is 3.07. The normalized spacial score (nSPS) is 14.3. The largest absolute Gasteiger partial charge is 0.324 e. The number of hydrogen-bond donors (Lipinski definition) is 1. The Balaban J connectivity index is 3.00. The van der Waals surface area contributed by atoms with Gasteiger partial charge in [-0.05, 0) is 22.5 Å². The van der Waals surface area contributed by atoms with Gasteiger partial charge in [-0.1, -0.05) is 58.9 Å². The average molecular weight is 205 g/mol. The zero-order valence-corrected chi connectivity index (χ0v) is 10.5. The second-order valence-electron chi connectivity index (χ2n) is 5.67. The van der Waals surface area contributed by atoms with Crippen molar-refractivity contribution in [3.05, 3.63) is 35.4 Å². The number of hydrogen-bond acceptors (Lipinski definition) is 1. The average Bonchev–Trinajstić information content (AvgIpc) is 2.15. The van der Waals surface area contributed by atoms with Crippen LogP contribution < -0.4 is 5.73 Å². The van der Waals surface area contributed by atoms with Crippen LogP contribution in [0.25, 0.3) is 0 Å².